The molecule has 1 saturated heterocycles. The van der Waals surface area contributed by atoms with Crippen LogP contribution in [0.1, 0.15) is 30.1 Å². The van der Waals surface area contributed by atoms with Gasteiger partial charge in [-0.1, -0.05) is 23.7 Å². The Labute approximate surface area is 158 Å². The van der Waals surface area contributed by atoms with Gasteiger partial charge in [-0.25, -0.2) is 4.98 Å². The molecule has 0 spiro atoms. The second-order valence-corrected chi connectivity index (χ2v) is 6.87. The molecule has 4 rings (SSSR count). The van der Waals surface area contributed by atoms with Gasteiger partial charge < -0.3 is 5.32 Å². The Morgan fingerprint density at radius 2 is 2.08 bits per heavy atom. The van der Waals surface area contributed by atoms with E-state index >= 15 is 0 Å². The van der Waals surface area contributed by atoms with E-state index in [0.29, 0.717) is 11.1 Å². The van der Waals surface area contributed by atoms with Crippen molar-refractivity contribution >= 4 is 23.1 Å². The first-order valence-electron chi connectivity index (χ1n) is 8.75. The van der Waals surface area contributed by atoms with Gasteiger partial charge in [0.15, 0.2) is 0 Å². The summed E-state index contributed by atoms with van der Waals surface area (Å²) in [6.07, 6.45) is 9.14. The largest absolute Gasteiger partial charge is 0.339 e. The Morgan fingerprint density at radius 1 is 1.12 bits per heavy atom. The van der Waals surface area contributed by atoms with Crippen molar-refractivity contribution in [3.05, 3.63) is 77.5 Å². The quantitative estimate of drug-likeness (QED) is 0.715. The lowest BCUT2D eigenvalue weighted by atomic mass is 10.0. The molecule has 3 aromatic rings. The standard InChI is InChI=1S/C20H20ClN5/c21-16-6-7-18(24-12-16)14-26-10-2-5-19(26)15-3-1-4-17(11-15)25-20-13-22-8-9-23-20/h1,3-4,6-9,11-13,19H,2,5,10,14H2,(H,23,25). The summed E-state index contributed by atoms with van der Waals surface area (Å²) in [5.74, 6) is 0.748. The number of benzene rings is 1. The second-order valence-electron chi connectivity index (χ2n) is 6.44. The summed E-state index contributed by atoms with van der Waals surface area (Å²) in [5, 5.41) is 3.99. The van der Waals surface area contributed by atoms with E-state index in [4.69, 9.17) is 11.6 Å². The Hall–Kier alpha value is -2.50. The van der Waals surface area contributed by atoms with Crippen LogP contribution in [0.4, 0.5) is 11.5 Å². The van der Waals surface area contributed by atoms with E-state index in [1.807, 2.05) is 12.1 Å². The molecule has 3 heterocycles. The highest BCUT2D eigenvalue weighted by Gasteiger charge is 2.26. The van der Waals surface area contributed by atoms with Gasteiger partial charge in [-0.2, -0.15) is 0 Å². The van der Waals surface area contributed by atoms with Gasteiger partial charge in [0.25, 0.3) is 0 Å². The van der Waals surface area contributed by atoms with Crippen LogP contribution in [0.2, 0.25) is 5.02 Å². The Kier molecular flexibility index (Phi) is 5.09. The van der Waals surface area contributed by atoms with Crippen LogP contribution < -0.4 is 5.32 Å². The fourth-order valence-corrected chi connectivity index (χ4v) is 3.55. The maximum absolute atomic E-state index is 5.94. The summed E-state index contributed by atoms with van der Waals surface area (Å²) in [4.78, 5) is 15.3. The zero-order chi connectivity index (χ0) is 17.8. The predicted octanol–water partition coefficient (Wildman–Crippen LogP) is 4.61. The third kappa shape index (κ3) is 4.00. The monoisotopic (exact) mass is 365 g/mol. The van der Waals surface area contributed by atoms with E-state index in [9.17, 15) is 0 Å². The van der Waals surface area contributed by atoms with Crippen molar-refractivity contribution in [1.29, 1.82) is 0 Å². The number of halogens is 1. The lowest BCUT2D eigenvalue weighted by molar-refractivity contribution is 0.245. The minimum absolute atomic E-state index is 0.399. The minimum atomic E-state index is 0.399. The van der Waals surface area contributed by atoms with E-state index in [1.165, 1.54) is 12.0 Å². The number of anilines is 2. The zero-order valence-electron chi connectivity index (χ0n) is 14.3. The van der Waals surface area contributed by atoms with Crippen LogP contribution in [-0.2, 0) is 6.54 Å². The maximum Gasteiger partial charge on any atom is 0.148 e. The molecule has 6 heteroatoms. The number of rotatable bonds is 5. The molecular formula is C20H20ClN5. The Balaban J connectivity index is 1.50. The number of hydrogen-bond donors (Lipinski definition) is 1. The van der Waals surface area contributed by atoms with Gasteiger partial charge >= 0.3 is 0 Å². The van der Waals surface area contributed by atoms with Gasteiger partial charge in [-0.05, 0) is 49.2 Å². The molecule has 1 fully saturated rings. The number of likely N-dealkylation sites (tertiary alicyclic amines) is 1. The molecule has 1 aromatic carbocycles. The van der Waals surface area contributed by atoms with Crippen LogP contribution in [0.5, 0.6) is 0 Å². The maximum atomic E-state index is 5.94. The van der Waals surface area contributed by atoms with Gasteiger partial charge in [0.05, 0.1) is 16.9 Å². The molecule has 0 saturated carbocycles. The van der Waals surface area contributed by atoms with Crippen LogP contribution in [0, 0.1) is 0 Å². The molecule has 0 amide bonds. The zero-order valence-corrected chi connectivity index (χ0v) is 15.1. The molecule has 1 atom stereocenters. The number of nitrogens with zero attached hydrogens (tertiary/aromatic N) is 4. The summed E-state index contributed by atoms with van der Waals surface area (Å²) in [7, 11) is 0. The first-order valence-corrected chi connectivity index (χ1v) is 9.13. The summed E-state index contributed by atoms with van der Waals surface area (Å²) in [5.41, 5.74) is 3.39. The number of pyridine rings is 1. The van der Waals surface area contributed by atoms with E-state index < -0.39 is 0 Å². The van der Waals surface area contributed by atoms with Crippen LogP contribution in [0.15, 0.2) is 61.2 Å². The average Bonchev–Trinajstić information content (AvgIpc) is 3.13. The van der Waals surface area contributed by atoms with E-state index in [0.717, 1.165) is 36.7 Å². The lowest BCUT2D eigenvalue weighted by Crippen LogP contribution is -2.23. The second kappa shape index (κ2) is 7.81. The summed E-state index contributed by atoms with van der Waals surface area (Å²) in [6, 6.07) is 12.8. The van der Waals surface area contributed by atoms with Gasteiger partial charge in [-0.15, -0.1) is 0 Å². The fourth-order valence-electron chi connectivity index (χ4n) is 3.44. The highest BCUT2D eigenvalue weighted by Crippen LogP contribution is 2.34. The van der Waals surface area contributed by atoms with Crippen LogP contribution >= 0.6 is 11.6 Å². The molecule has 0 bridgehead atoms. The molecule has 0 radical (unpaired) electrons. The smallest absolute Gasteiger partial charge is 0.148 e. The number of nitrogens with one attached hydrogen (secondary N) is 1. The van der Waals surface area contributed by atoms with Crippen LogP contribution in [0.3, 0.4) is 0 Å². The van der Waals surface area contributed by atoms with Crippen molar-refractivity contribution in [2.75, 3.05) is 11.9 Å². The molecule has 5 nitrogen and oxygen atoms in total. The molecule has 1 N–H and O–H groups in total. The van der Waals surface area contributed by atoms with Crippen LogP contribution in [-0.4, -0.2) is 26.4 Å². The molecule has 132 valence electrons. The third-order valence-corrected chi connectivity index (χ3v) is 4.85. The first-order chi connectivity index (χ1) is 12.8. The topological polar surface area (TPSA) is 53.9 Å². The van der Waals surface area contributed by atoms with Gasteiger partial charge in [-0.3, -0.25) is 14.9 Å². The van der Waals surface area contributed by atoms with Crippen molar-refractivity contribution < 1.29 is 0 Å². The minimum Gasteiger partial charge on any atom is -0.339 e. The number of hydrogen-bond acceptors (Lipinski definition) is 5. The fraction of sp³-hybridized carbons (Fsp3) is 0.250. The number of aromatic nitrogens is 3. The van der Waals surface area contributed by atoms with Gasteiger partial charge in [0.1, 0.15) is 5.82 Å². The molecular weight excluding hydrogens is 346 g/mol. The normalized spacial score (nSPS) is 17.3. The van der Waals surface area contributed by atoms with Gasteiger partial charge in [0.2, 0.25) is 0 Å². The SMILES string of the molecule is Clc1ccc(CN2CCCC2c2cccc(Nc3cnccn3)c2)nc1. The molecule has 1 aliphatic rings. The van der Waals surface area contributed by atoms with Crippen molar-refractivity contribution in [3.8, 4) is 0 Å². The molecule has 1 aliphatic heterocycles. The van der Waals surface area contributed by atoms with E-state index in [1.54, 1.807) is 24.8 Å². The lowest BCUT2D eigenvalue weighted by Gasteiger charge is -2.25. The van der Waals surface area contributed by atoms with Crippen molar-refractivity contribution in [2.24, 2.45) is 0 Å². The Bertz CT molecular complexity index is 854. The molecule has 1 unspecified atom stereocenters. The Morgan fingerprint density at radius 3 is 2.88 bits per heavy atom. The van der Waals surface area contributed by atoms with Crippen molar-refractivity contribution in [3.63, 3.8) is 0 Å². The van der Waals surface area contributed by atoms with Crippen molar-refractivity contribution in [2.45, 2.75) is 25.4 Å². The van der Waals surface area contributed by atoms with Crippen LogP contribution in [0.25, 0.3) is 0 Å². The summed E-state index contributed by atoms with van der Waals surface area (Å²) < 4.78 is 0. The predicted molar refractivity (Wildman–Crippen MR) is 103 cm³/mol. The average molecular weight is 366 g/mol. The first kappa shape index (κ1) is 16.9. The third-order valence-electron chi connectivity index (χ3n) is 4.62. The summed E-state index contributed by atoms with van der Waals surface area (Å²) >= 11 is 5.94. The molecule has 26 heavy (non-hydrogen) atoms. The highest BCUT2D eigenvalue weighted by molar-refractivity contribution is 6.30. The van der Waals surface area contributed by atoms with Crippen molar-refractivity contribution in [1.82, 2.24) is 19.9 Å². The molecule has 2 aromatic heterocycles. The summed E-state index contributed by atoms with van der Waals surface area (Å²) in [6.45, 7) is 1.92. The van der Waals surface area contributed by atoms with E-state index in [2.05, 4.69) is 49.4 Å². The van der Waals surface area contributed by atoms with Gasteiger partial charge in [0, 0.05) is 36.9 Å². The van der Waals surface area contributed by atoms with E-state index in [-0.39, 0.29) is 0 Å². The highest BCUT2D eigenvalue weighted by atomic mass is 35.5. The molecule has 0 aliphatic carbocycles.